The van der Waals surface area contributed by atoms with Gasteiger partial charge in [-0.2, -0.15) is 0 Å². The number of halogens is 2. The maximum atomic E-state index is 14.5. The summed E-state index contributed by atoms with van der Waals surface area (Å²) in [5.74, 6) is -1.06. The van der Waals surface area contributed by atoms with E-state index >= 15 is 0 Å². The second-order valence-corrected chi connectivity index (χ2v) is 9.57. The van der Waals surface area contributed by atoms with Gasteiger partial charge in [-0.15, -0.1) is 11.3 Å². The Morgan fingerprint density at radius 1 is 1.23 bits per heavy atom. The molecule has 1 saturated heterocycles. The molecule has 2 saturated carbocycles. The van der Waals surface area contributed by atoms with Crippen molar-refractivity contribution < 1.29 is 19.7 Å². The molecule has 1 aromatic heterocycles. The second-order valence-electron chi connectivity index (χ2n) is 8.51. The number of benzene rings is 1. The van der Waals surface area contributed by atoms with E-state index in [4.69, 9.17) is 4.74 Å². The van der Waals surface area contributed by atoms with E-state index in [2.05, 4.69) is 15.2 Å². The van der Waals surface area contributed by atoms with Crippen LogP contribution in [0.5, 0.6) is 5.75 Å². The summed E-state index contributed by atoms with van der Waals surface area (Å²) in [5.41, 5.74) is 0.394. The van der Waals surface area contributed by atoms with Crippen molar-refractivity contribution in [2.24, 2.45) is 11.8 Å². The first-order chi connectivity index (χ1) is 14.5. The number of carbonyl (C=O) groups excluding carboxylic acids is 1. The summed E-state index contributed by atoms with van der Waals surface area (Å²) in [6.45, 7) is 3.85. The molecule has 2 aliphatic carbocycles. The minimum absolute atomic E-state index is 0. The number of hydrogen-bond donors (Lipinski definition) is 1. The van der Waals surface area contributed by atoms with Gasteiger partial charge in [0.1, 0.15) is 5.69 Å². The van der Waals surface area contributed by atoms with Crippen LogP contribution in [0.15, 0.2) is 12.1 Å². The van der Waals surface area contributed by atoms with Crippen molar-refractivity contribution in [3.8, 4) is 5.75 Å². The lowest BCUT2D eigenvalue weighted by molar-refractivity contribution is 0.102. The topological polar surface area (TPSA) is 54.5 Å². The van der Waals surface area contributed by atoms with Gasteiger partial charge in [0.15, 0.2) is 22.5 Å². The van der Waals surface area contributed by atoms with Gasteiger partial charge in [-0.3, -0.25) is 4.79 Å². The normalized spacial score (nSPS) is 24.8. The van der Waals surface area contributed by atoms with Crippen molar-refractivity contribution in [1.82, 2.24) is 4.98 Å². The fraction of sp³-hybridized carbons (Fsp3) is 0.545. The summed E-state index contributed by atoms with van der Waals surface area (Å²) in [6.07, 6.45) is 5.74. The molecule has 3 aliphatic rings. The molecule has 5 rings (SSSR count). The summed E-state index contributed by atoms with van der Waals surface area (Å²) in [6, 6.07) is 2.23. The molecule has 0 radical (unpaired) electrons. The molecule has 162 valence electrons. The zero-order valence-corrected chi connectivity index (χ0v) is 17.7. The molecule has 5 nitrogen and oxygen atoms in total. The highest BCUT2D eigenvalue weighted by atomic mass is 32.1. The van der Waals surface area contributed by atoms with Crippen molar-refractivity contribution in [2.45, 2.75) is 51.6 Å². The van der Waals surface area contributed by atoms with E-state index < -0.39 is 17.5 Å². The number of hydrogen-bond acceptors (Lipinski definition) is 5. The molecule has 3 fully saturated rings. The number of anilines is 2. The van der Waals surface area contributed by atoms with E-state index in [0.717, 1.165) is 60.9 Å². The zero-order chi connectivity index (χ0) is 20.8. The molecule has 1 aliphatic heterocycles. The fourth-order valence-corrected chi connectivity index (χ4v) is 5.71. The molecular formula is C22H27F2N3O2S. The van der Waals surface area contributed by atoms with Gasteiger partial charge < -0.3 is 15.0 Å². The molecule has 1 N–H and O–H groups in total. The number of nitrogens with one attached hydrogen (secondary N) is 1. The van der Waals surface area contributed by atoms with Crippen LogP contribution in [0.1, 0.15) is 55.8 Å². The number of aryl methyl sites for hydroxylation is 1. The maximum absolute atomic E-state index is 14.5. The molecule has 2 heterocycles. The van der Waals surface area contributed by atoms with Gasteiger partial charge in [-0.25, -0.2) is 13.8 Å². The Hall–Kier alpha value is -2.22. The van der Waals surface area contributed by atoms with E-state index in [1.165, 1.54) is 17.8 Å². The van der Waals surface area contributed by atoms with E-state index in [1.54, 1.807) is 0 Å². The largest absolute Gasteiger partial charge is 0.484 e. The van der Waals surface area contributed by atoms with Gasteiger partial charge >= 0.3 is 0 Å². The average Bonchev–Trinajstić information content (AvgIpc) is 3.17. The number of carbonyl (C=O) groups is 1. The van der Waals surface area contributed by atoms with Crippen LogP contribution >= 0.6 is 11.3 Å². The first-order valence-electron chi connectivity index (χ1n) is 10.7. The number of fused-ring (bicyclic) bond motifs is 1. The molecular weight excluding hydrogens is 408 g/mol. The van der Waals surface area contributed by atoms with Gasteiger partial charge in [0.25, 0.3) is 5.91 Å². The van der Waals surface area contributed by atoms with E-state index in [9.17, 15) is 13.6 Å². The summed E-state index contributed by atoms with van der Waals surface area (Å²) < 4.78 is 34.7. The first kappa shape index (κ1) is 19.7. The van der Waals surface area contributed by atoms with Crippen LogP contribution in [0.25, 0.3) is 0 Å². The summed E-state index contributed by atoms with van der Waals surface area (Å²) in [4.78, 5) is 20.4. The highest BCUT2D eigenvalue weighted by molar-refractivity contribution is 7.15. The van der Waals surface area contributed by atoms with Gasteiger partial charge in [0.2, 0.25) is 0 Å². The van der Waals surface area contributed by atoms with E-state index in [-0.39, 0.29) is 19.0 Å². The van der Waals surface area contributed by atoms with Crippen LogP contribution in [-0.4, -0.2) is 30.1 Å². The standard InChI is InChI=1S/C22H25F2N3O2S.H2/c1-2-18-19(26-22(30-18)27-5-3-4-6-27)21(28)25-14-10-16(23)20(17(24)11-14)29-15-8-12-7-13(12)9-15;/h10-13,15H,2-9H2,1H3,(H,25,28);1H. The molecule has 2 unspecified atom stereocenters. The average molecular weight is 436 g/mol. The van der Waals surface area contributed by atoms with Crippen LogP contribution in [-0.2, 0) is 6.42 Å². The highest BCUT2D eigenvalue weighted by Crippen LogP contribution is 2.52. The Morgan fingerprint density at radius 2 is 1.90 bits per heavy atom. The fourth-order valence-electron chi connectivity index (χ4n) is 4.66. The SMILES string of the molecule is CCc1sc(N2CCCC2)nc1C(=O)Nc1cc(F)c(OC2CC3CC3C2)c(F)c1.[HH]. The lowest BCUT2D eigenvalue weighted by Gasteiger charge is -2.17. The Morgan fingerprint density at radius 3 is 2.53 bits per heavy atom. The molecule has 1 amide bonds. The van der Waals surface area contributed by atoms with Crippen LogP contribution < -0.4 is 15.0 Å². The smallest absolute Gasteiger partial charge is 0.275 e. The van der Waals surface area contributed by atoms with Crippen molar-refractivity contribution in [2.75, 3.05) is 23.3 Å². The van der Waals surface area contributed by atoms with Gasteiger partial charge in [-0.05, 0) is 50.4 Å². The number of nitrogens with zero attached hydrogens (tertiary/aromatic N) is 2. The highest BCUT2D eigenvalue weighted by Gasteiger charge is 2.47. The predicted octanol–water partition coefficient (Wildman–Crippen LogP) is 5.26. The Balaban J connectivity index is 0.00000231. The molecule has 30 heavy (non-hydrogen) atoms. The van der Waals surface area contributed by atoms with Crippen molar-refractivity contribution in [1.29, 1.82) is 0 Å². The minimum atomic E-state index is -0.794. The van der Waals surface area contributed by atoms with Crippen molar-refractivity contribution in [3.63, 3.8) is 0 Å². The minimum Gasteiger partial charge on any atom is -0.484 e. The van der Waals surface area contributed by atoms with Crippen molar-refractivity contribution >= 4 is 28.1 Å². The number of ether oxygens (including phenoxy) is 1. The third-order valence-corrected chi connectivity index (χ3v) is 7.60. The van der Waals surface area contributed by atoms with Crippen LogP contribution in [0.4, 0.5) is 19.6 Å². The Bertz CT molecular complexity index is 947. The van der Waals surface area contributed by atoms with Gasteiger partial charge in [-0.1, -0.05) is 6.92 Å². The number of thiazole rings is 1. The summed E-state index contributed by atoms with van der Waals surface area (Å²) in [5, 5.41) is 3.44. The number of rotatable bonds is 6. The second kappa shape index (κ2) is 7.80. The zero-order valence-electron chi connectivity index (χ0n) is 16.9. The third kappa shape index (κ3) is 3.77. The third-order valence-electron chi connectivity index (χ3n) is 6.34. The lowest BCUT2D eigenvalue weighted by Crippen LogP contribution is -2.19. The van der Waals surface area contributed by atoms with Gasteiger partial charge in [0, 0.05) is 37.2 Å². The Kier molecular flexibility index (Phi) is 5.13. The first-order valence-corrected chi connectivity index (χ1v) is 11.5. The summed E-state index contributed by atoms with van der Waals surface area (Å²) in [7, 11) is 0. The maximum Gasteiger partial charge on any atom is 0.275 e. The lowest BCUT2D eigenvalue weighted by atomic mass is 10.2. The number of aromatic nitrogens is 1. The van der Waals surface area contributed by atoms with Crippen molar-refractivity contribution in [3.05, 3.63) is 34.3 Å². The molecule has 0 bridgehead atoms. The Labute approximate surface area is 179 Å². The summed E-state index contributed by atoms with van der Waals surface area (Å²) >= 11 is 1.51. The molecule has 2 atom stereocenters. The van der Waals surface area contributed by atoms with Crippen LogP contribution in [0.2, 0.25) is 0 Å². The molecule has 8 heteroatoms. The molecule has 1 aromatic carbocycles. The monoisotopic (exact) mass is 435 g/mol. The quantitative estimate of drug-likeness (QED) is 0.673. The predicted molar refractivity (Wildman–Crippen MR) is 115 cm³/mol. The van der Waals surface area contributed by atoms with Crippen LogP contribution in [0.3, 0.4) is 0 Å². The van der Waals surface area contributed by atoms with Gasteiger partial charge in [0.05, 0.1) is 6.10 Å². The van der Waals surface area contributed by atoms with E-state index in [1.807, 2.05) is 6.92 Å². The van der Waals surface area contributed by atoms with E-state index in [0.29, 0.717) is 24.0 Å². The molecule has 0 spiro atoms. The molecule has 2 aromatic rings. The number of amides is 1. The van der Waals surface area contributed by atoms with Crippen LogP contribution in [0, 0.1) is 23.5 Å².